The van der Waals surface area contributed by atoms with E-state index in [9.17, 15) is 9.18 Å². The Morgan fingerprint density at radius 3 is 2.88 bits per heavy atom. The van der Waals surface area contributed by atoms with E-state index in [1.807, 2.05) is 6.92 Å². The smallest absolute Gasteiger partial charge is 0.254 e. The van der Waals surface area contributed by atoms with Gasteiger partial charge in [0.05, 0.1) is 5.56 Å². The highest BCUT2D eigenvalue weighted by Gasteiger charge is 2.15. The molecule has 1 amide bonds. The Labute approximate surface area is 105 Å². The van der Waals surface area contributed by atoms with Gasteiger partial charge in [0.25, 0.3) is 5.91 Å². The van der Waals surface area contributed by atoms with E-state index in [4.69, 9.17) is 5.11 Å². The van der Waals surface area contributed by atoms with E-state index in [1.54, 1.807) is 0 Å². The van der Waals surface area contributed by atoms with Gasteiger partial charge in [0.15, 0.2) is 0 Å². The third-order valence-corrected chi connectivity index (χ3v) is 2.78. The second-order valence-corrected chi connectivity index (χ2v) is 4.27. The van der Waals surface area contributed by atoms with E-state index in [2.05, 4.69) is 17.9 Å². The normalized spacial score (nSPS) is 12.2. The highest BCUT2D eigenvalue weighted by Crippen LogP contribution is 2.14. The highest BCUT2D eigenvalue weighted by molar-refractivity contribution is 7.80. The Morgan fingerprint density at radius 1 is 1.59 bits per heavy atom. The van der Waals surface area contributed by atoms with Crippen LogP contribution in [0.1, 0.15) is 30.1 Å². The molecule has 1 atom stereocenters. The van der Waals surface area contributed by atoms with Gasteiger partial charge in [-0.05, 0) is 31.0 Å². The van der Waals surface area contributed by atoms with Crippen LogP contribution in [0.25, 0.3) is 0 Å². The average molecular weight is 257 g/mol. The summed E-state index contributed by atoms with van der Waals surface area (Å²) in [6, 6.07) is 3.94. The van der Waals surface area contributed by atoms with Gasteiger partial charge in [-0.25, -0.2) is 4.39 Å². The summed E-state index contributed by atoms with van der Waals surface area (Å²) in [5, 5.41) is 11.5. The lowest BCUT2D eigenvalue weighted by molar-refractivity contribution is 0.0925. The van der Waals surface area contributed by atoms with Crippen LogP contribution in [-0.2, 0) is 0 Å². The molecule has 0 saturated heterocycles. The lowest BCUT2D eigenvalue weighted by atomic mass is 10.1. The molecular weight excluding hydrogens is 241 g/mol. The Hall–Kier alpha value is -1.07. The van der Waals surface area contributed by atoms with E-state index in [1.165, 1.54) is 18.2 Å². The lowest BCUT2D eigenvalue weighted by Crippen LogP contribution is -2.35. The van der Waals surface area contributed by atoms with Gasteiger partial charge in [0.1, 0.15) is 5.82 Å². The molecule has 5 heteroatoms. The van der Waals surface area contributed by atoms with Crippen molar-refractivity contribution in [3.05, 3.63) is 29.6 Å². The molecule has 1 aromatic carbocycles. The zero-order valence-corrected chi connectivity index (χ0v) is 10.5. The maximum absolute atomic E-state index is 13.4. The largest absolute Gasteiger partial charge is 0.396 e. The van der Waals surface area contributed by atoms with E-state index in [-0.39, 0.29) is 18.2 Å². The zero-order chi connectivity index (χ0) is 12.8. The molecule has 0 aliphatic heterocycles. The van der Waals surface area contributed by atoms with Crippen molar-refractivity contribution in [1.82, 2.24) is 5.32 Å². The van der Waals surface area contributed by atoms with E-state index in [0.717, 1.165) is 0 Å². The number of hydrogen-bond acceptors (Lipinski definition) is 3. The number of carbonyl (C=O) groups excluding carboxylic acids is 1. The molecule has 0 heterocycles. The molecular formula is C12H16FNO2S. The number of aliphatic hydroxyl groups excluding tert-OH is 1. The number of thiol groups is 1. The van der Waals surface area contributed by atoms with Crippen LogP contribution in [0, 0.1) is 5.82 Å². The first-order chi connectivity index (χ1) is 8.08. The van der Waals surface area contributed by atoms with Crippen LogP contribution >= 0.6 is 12.6 Å². The summed E-state index contributed by atoms with van der Waals surface area (Å²) < 4.78 is 13.4. The summed E-state index contributed by atoms with van der Waals surface area (Å²) >= 11 is 4.06. The van der Waals surface area contributed by atoms with Crippen LogP contribution in [0.5, 0.6) is 0 Å². The molecule has 1 unspecified atom stereocenters. The molecule has 94 valence electrons. The first kappa shape index (κ1) is 14.0. The second-order valence-electron chi connectivity index (χ2n) is 3.76. The van der Waals surface area contributed by atoms with E-state index >= 15 is 0 Å². The minimum absolute atomic E-state index is 0.00608. The maximum Gasteiger partial charge on any atom is 0.254 e. The number of carbonyl (C=O) groups is 1. The van der Waals surface area contributed by atoms with Crippen LogP contribution in [0.15, 0.2) is 23.1 Å². The summed E-state index contributed by atoms with van der Waals surface area (Å²) in [6.45, 7) is 1.89. The van der Waals surface area contributed by atoms with Gasteiger partial charge in [-0.15, -0.1) is 12.6 Å². The van der Waals surface area contributed by atoms with Gasteiger partial charge in [0.2, 0.25) is 0 Å². The molecule has 1 rings (SSSR count). The molecule has 0 bridgehead atoms. The Kier molecular flexibility index (Phi) is 5.44. The van der Waals surface area contributed by atoms with Crippen LogP contribution < -0.4 is 5.32 Å². The predicted octanol–water partition coefficient (Wildman–Crippen LogP) is 2.01. The number of hydrogen-bond donors (Lipinski definition) is 3. The molecule has 0 radical (unpaired) electrons. The minimum Gasteiger partial charge on any atom is -0.396 e. The molecule has 17 heavy (non-hydrogen) atoms. The summed E-state index contributed by atoms with van der Waals surface area (Å²) in [5.41, 5.74) is -0.0195. The third-order valence-electron chi connectivity index (χ3n) is 2.50. The van der Waals surface area contributed by atoms with Crippen LogP contribution in [-0.4, -0.2) is 23.7 Å². The Morgan fingerprint density at radius 2 is 2.29 bits per heavy atom. The van der Waals surface area contributed by atoms with Crippen molar-refractivity contribution in [1.29, 1.82) is 0 Å². The maximum atomic E-state index is 13.4. The van der Waals surface area contributed by atoms with Gasteiger partial charge in [-0.2, -0.15) is 0 Å². The molecule has 0 aliphatic rings. The molecule has 0 aliphatic carbocycles. The van der Waals surface area contributed by atoms with Gasteiger partial charge in [-0.3, -0.25) is 4.79 Å². The third kappa shape index (κ3) is 4.02. The van der Waals surface area contributed by atoms with Crippen molar-refractivity contribution in [3.8, 4) is 0 Å². The van der Waals surface area contributed by atoms with Crippen LogP contribution in [0.2, 0.25) is 0 Å². The minimum atomic E-state index is -0.570. The van der Waals surface area contributed by atoms with Crippen LogP contribution in [0.4, 0.5) is 4.39 Å². The van der Waals surface area contributed by atoms with Crippen molar-refractivity contribution in [2.45, 2.75) is 30.7 Å². The van der Waals surface area contributed by atoms with Crippen LogP contribution in [0.3, 0.4) is 0 Å². The fourth-order valence-electron chi connectivity index (χ4n) is 1.48. The highest BCUT2D eigenvalue weighted by atomic mass is 32.1. The van der Waals surface area contributed by atoms with Crippen molar-refractivity contribution < 1.29 is 14.3 Å². The standard InChI is InChI=1S/C12H16FNO2S/c1-2-8(5-6-15)14-12(16)10-7-9(17)3-4-11(10)13/h3-4,7-8,15,17H,2,5-6H2,1H3,(H,14,16). The fraction of sp³-hybridized carbons (Fsp3) is 0.417. The summed E-state index contributed by atoms with van der Waals surface area (Å²) in [5.74, 6) is -1.04. The van der Waals surface area contributed by atoms with E-state index in [0.29, 0.717) is 17.7 Å². The van der Waals surface area contributed by atoms with Gasteiger partial charge in [0, 0.05) is 17.5 Å². The SMILES string of the molecule is CCC(CCO)NC(=O)c1cc(S)ccc1F. The Bertz CT molecular complexity index is 398. The predicted molar refractivity (Wildman–Crippen MR) is 66.9 cm³/mol. The second kappa shape index (κ2) is 6.61. The molecule has 0 saturated carbocycles. The molecule has 0 aromatic heterocycles. The number of benzene rings is 1. The van der Waals surface area contributed by atoms with Gasteiger partial charge in [-0.1, -0.05) is 6.92 Å². The van der Waals surface area contributed by atoms with Crippen molar-refractivity contribution in [2.75, 3.05) is 6.61 Å². The number of nitrogens with one attached hydrogen (secondary N) is 1. The summed E-state index contributed by atoms with van der Waals surface area (Å²) in [6.07, 6.45) is 1.15. The topological polar surface area (TPSA) is 49.3 Å². The molecule has 1 aromatic rings. The average Bonchev–Trinajstić information content (AvgIpc) is 2.31. The van der Waals surface area contributed by atoms with Gasteiger partial charge >= 0.3 is 0 Å². The number of rotatable bonds is 5. The molecule has 0 spiro atoms. The monoisotopic (exact) mass is 257 g/mol. The lowest BCUT2D eigenvalue weighted by Gasteiger charge is -2.16. The Balaban J connectivity index is 2.78. The number of aliphatic hydroxyl groups is 1. The van der Waals surface area contributed by atoms with E-state index < -0.39 is 11.7 Å². The van der Waals surface area contributed by atoms with Gasteiger partial charge < -0.3 is 10.4 Å². The molecule has 0 fully saturated rings. The van der Waals surface area contributed by atoms with Crippen molar-refractivity contribution >= 4 is 18.5 Å². The molecule has 2 N–H and O–H groups in total. The number of amides is 1. The quantitative estimate of drug-likeness (QED) is 0.707. The summed E-state index contributed by atoms with van der Waals surface area (Å²) in [4.78, 5) is 12.3. The first-order valence-electron chi connectivity index (χ1n) is 5.48. The number of halogens is 1. The van der Waals surface area contributed by atoms with Crippen molar-refractivity contribution in [3.63, 3.8) is 0 Å². The summed E-state index contributed by atoms with van der Waals surface area (Å²) in [7, 11) is 0. The van der Waals surface area contributed by atoms with Crippen molar-refractivity contribution in [2.24, 2.45) is 0 Å². The first-order valence-corrected chi connectivity index (χ1v) is 5.93. The molecule has 3 nitrogen and oxygen atoms in total. The zero-order valence-electron chi connectivity index (χ0n) is 9.61. The fourth-order valence-corrected chi connectivity index (χ4v) is 1.69.